The Hall–Kier alpha value is -4.40. The Morgan fingerprint density at radius 3 is 2.53 bits per heavy atom. The van der Waals surface area contributed by atoms with Crippen molar-refractivity contribution in [2.75, 3.05) is 14.2 Å². The van der Waals surface area contributed by atoms with Crippen LogP contribution < -0.4 is 9.47 Å². The van der Waals surface area contributed by atoms with Crippen LogP contribution >= 0.6 is 0 Å². The van der Waals surface area contributed by atoms with Gasteiger partial charge in [0.2, 0.25) is 0 Å². The van der Waals surface area contributed by atoms with E-state index in [4.69, 9.17) is 19.3 Å². The molecule has 9 heteroatoms. The largest absolute Gasteiger partial charge is 0.497 e. The predicted molar refractivity (Wildman–Crippen MR) is 129 cm³/mol. The van der Waals surface area contributed by atoms with E-state index in [9.17, 15) is 0 Å². The second kappa shape index (κ2) is 8.86. The van der Waals surface area contributed by atoms with Gasteiger partial charge in [-0.3, -0.25) is 4.57 Å². The van der Waals surface area contributed by atoms with Crippen molar-refractivity contribution in [2.45, 2.75) is 20.5 Å². The van der Waals surface area contributed by atoms with Gasteiger partial charge in [-0.15, -0.1) is 5.10 Å². The molecule has 0 saturated carbocycles. The van der Waals surface area contributed by atoms with Gasteiger partial charge in [0.1, 0.15) is 17.8 Å². The number of nitrogens with zero attached hydrogens (tertiary/aromatic N) is 6. The first-order chi connectivity index (χ1) is 16.6. The number of ether oxygens (including phenoxy) is 2. The van der Waals surface area contributed by atoms with E-state index in [1.165, 1.54) is 0 Å². The highest BCUT2D eigenvalue weighted by molar-refractivity contribution is 5.95. The lowest BCUT2D eigenvalue weighted by Gasteiger charge is -2.09. The van der Waals surface area contributed by atoms with Crippen LogP contribution in [0.15, 0.2) is 60.0 Å². The Kier molecular flexibility index (Phi) is 5.59. The highest BCUT2D eigenvalue weighted by atomic mass is 16.6. The number of hydrogen-bond acceptors (Lipinski definition) is 7. The summed E-state index contributed by atoms with van der Waals surface area (Å²) in [4.78, 5) is 14.8. The molecule has 0 aliphatic rings. The Bertz CT molecular complexity index is 1500. The van der Waals surface area contributed by atoms with Crippen molar-refractivity contribution in [1.82, 2.24) is 24.1 Å². The van der Waals surface area contributed by atoms with E-state index in [0.29, 0.717) is 5.82 Å². The molecule has 3 heterocycles. The van der Waals surface area contributed by atoms with Crippen LogP contribution in [-0.4, -0.2) is 44.6 Å². The van der Waals surface area contributed by atoms with E-state index >= 15 is 0 Å². The molecule has 9 nitrogen and oxygen atoms in total. The maximum atomic E-state index is 5.44. The van der Waals surface area contributed by atoms with Crippen molar-refractivity contribution in [1.29, 1.82) is 0 Å². The molecule has 34 heavy (non-hydrogen) atoms. The summed E-state index contributed by atoms with van der Waals surface area (Å²) < 4.78 is 14.3. The third kappa shape index (κ3) is 3.81. The number of aromatic nitrogens is 5. The van der Waals surface area contributed by atoms with Gasteiger partial charge in [-0.2, -0.15) is 0 Å². The maximum absolute atomic E-state index is 5.44. The average molecular weight is 457 g/mol. The van der Waals surface area contributed by atoms with Gasteiger partial charge in [0.05, 0.1) is 31.5 Å². The van der Waals surface area contributed by atoms with E-state index in [2.05, 4.69) is 33.7 Å². The number of hydrogen-bond donors (Lipinski definition) is 0. The first-order valence-corrected chi connectivity index (χ1v) is 10.7. The highest BCUT2D eigenvalue weighted by Gasteiger charge is 2.19. The molecule has 3 aromatic heterocycles. The van der Waals surface area contributed by atoms with Crippen molar-refractivity contribution in [2.24, 2.45) is 5.16 Å². The zero-order valence-corrected chi connectivity index (χ0v) is 19.4. The number of oxime groups is 1. The van der Waals surface area contributed by atoms with Crippen LogP contribution in [0.5, 0.6) is 11.5 Å². The molecule has 5 rings (SSSR count). The second-order valence-corrected chi connectivity index (χ2v) is 7.77. The zero-order valence-electron chi connectivity index (χ0n) is 19.4. The molecule has 0 radical (unpaired) electrons. The molecule has 5 aromatic rings. The summed E-state index contributed by atoms with van der Waals surface area (Å²) in [6.45, 7) is 4.28. The molecule has 0 aliphatic carbocycles. The summed E-state index contributed by atoms with van der Waals surface area (Å²) in [7, 11) is 3.29. The van der Waals surface area contributed by atoms with Gasteiger partial charge in [0, 0.05) is 11.8 Å². The molecule has 172 valence electrons. The Balaban J connectivity index is 1.44. The molecule has 0 bridgehead atoms. The van der Waals surface area contributed by atoms with Gasteiger partial charge < -0.3 is 14.3 Å². The Labute approximate surface area is 196 Å². The van der Waals surface area contributed by atoms with Crippen molar-refractivity contribution < 1.29 is 14.3 Å². The van der Waals surface area contributed by atoms with Crippen LogP contribution in [0.25, 0.3) is 22.4 Å². The fraction of sp³-hybridized carbons (Fsp3) is 0.200. The van der Waals surface area contributed by atoms with E-state index < -0.39 is 0 Å². The van der Waals surface area contributed by atoms with Gasteiger partial charge in [-0.25, -0.2) is 14.5 Å². The van der Waals surface area contributed by atoms with E-state index in [1.54, 1.807) is 31.3 Å². The van der Waals surface area contributed by atoms with Crippen LogP contribution in [0.4, 0.5) is 0 Å². The number of rotatable bonds is 7. The minimum absolute atomic E-state index is 0.143. The monoisotopic (exact) mass is 456 g/mol. The van der Waals surface area contributed by atoms with Crippen molar-refractivity contribution in [3.05, 3.63) is 77.5 Å². The van der Waals surface area contributed by atoms with Crippen LogP contribution in [0.1, 0.15) is 22.6 Å². The van der Waals surface area contributed by atoms with Crippen LogP contribution in [0.3, 0.4) is 0 Å². The van der Waals surface area contributed by atoms with Gasteiger partial charge in [-0.1, -0.05) is 11.2 Å². The summed E-state index contributed by atoms with van der Waals surface area (Å²) in [5, 5.41) is 9.49. The molecule has 0 aliphatic heterocycles. The van der Waals surface area contributed by atoms with Crippen LogP contribution in [0.2, 0.25) is 0 Å². The third-order valence-corrected chi connectivity index (χ3v) is 5.77. The Morgan fingerprint density at radius 2 is 1.76 bits per heavy atom. The zero-order chi connectivity index (χ0) is 23.7. The SMILES string of the molecule is COc1ccc(/C=N\OCc2nc3c4c(C)c(C)n(-c5cccc(OC)c5)c4ncn3n2)cc1. The summed E-state index contributed by atoms with van der Waals surface area (Å²) >= 11 is 0. The molecular formula is C25H24N6O3. The number of methoxy groups -OCH3 is 2. The van der Waals surface area contributed by atoms with Crippen molar-refractivity contribution in [3.8, 4) is 17.2 Å². The first kappa shape index (κ1) is 21.4. The summed E-state index contributed by atoms with van der Waals surface area (Å²) in [5.74, 6) is 2.10. The molecule has 0 atom stereocenters. The number of fused-ring (bicyclic) bond motifs is 3. The Morgan fingerprint density at radius 1 is 0.971 bits per heavy atom. The lowest BCUT2D eigenvalue weighted by molar-refractivity contribution is 0.126. The lowest BCUT2D eigenvalue weighted by Crippen LogP contribution is -1.99. The summed E-state index contributed by atoms with van der Waals surface area (Å²) in [5.41, 5.74) is 5.59. The lowest BCUT2D eigenvalue weighted by atomic mass is 10.2. The normalized spacial score (nSPS) is 11.5. The van der Waals surface area contributed by atoms with Crippen molar-refractivity contribution >= 4 is 22.9 Å². The molecular weight excluding hydrogens is 432 g/mol. The molecule has 0 amide bonds. The molecule has 0 unspecified atom stereocenters. The van der Waals surface area contributed by atoms with Gasteiger partial charge in [0.15, 0.2) is 23.7 Å². The average Bonchev–Trinajstić information content (AvgIpc) is 3.40. The molecule has 0 saturated heterocycles. The number of benzene rings is 2. The van der Waals surface area contributed by atoms with Gasteiger partial charge in [-0.05, 0) is 61.4 Å². The van der Waals surface area contributed by atoms with Crippen LogP contribution in [0, 0.1) is 13.8 Å². The maximum Gasteiger partial charge on any atom is 0.192 e. The molecule has 0 N–H and O–H groups in total. The fourth-order valence-corrected chi connectivity index (χ4v) is 3.91. The highest BCUT2D eigenvalue weighted by Crippen LogP contribution is 2.30. The number of aryl methyl sites for hydroxylation is 1. The van der Waals surface area contributed by atoms with E-state index in [0.717, 1.165) is 50.7 Å². The quantitative estimate of drug-likeness (QED) is 0.269. The smallest absolute Gasteiger partial charge is 0.192 e. The van der Waals surface area contributed by atoms with Gasteiger partial charge >= 0.3 is 0 Å². The summed E-state index contributed by atoms with van der Waals surface area (Å²) in [6, 6.07) is 15.4. The minimum atomic E-state index is 0.143. The van der Waals surface area contributed by atoms with Crippen molar-refractivity contribution in [3.63, 3.8) is 0 Å². The second-order valence-electron chi connectivity index (χ2n) is 7.77. The standard InChI is InChI=1S/C25H24N6O3/c1-16-17(2)31(19-6-5-7-21(12-19)33-4)24-23(16)25-28-22(29-30(25)15-26-24)14-34-27-13-18-8-10-20(32-3)11-9-18/h5-13,15H,14H2,1-4H3/b27-13-. The minimum Gasteiger partial charge on any atom is -0.497 e. The molecule has 0 spiro atoms. The molecule has 2 aromatic carbocycles. The summed E-state index contributed by atoms with van der Waals surface area (Å²) in [6.07, 6.45) is 3.31. The molecule has 0 fully saturated rings. The topological polar surface area (TPSA) is 88.1 Å². The first-order valence-electron chi connectivity index (χ1n) is 10.7. The predicted octanol–water partition coefficient (Wildman–Crippen LogP) is 4.25. The van der Waals surface area contributed by atoms with E-state index in [-0.39, 0.29) is 6.61 Å². The van der Waals surface area contributed by atoms with Gasteiger partial charge in [0.25, 0.3) is 0 Å². The third-order valence-electron chi connectivity index (χ3n) is 5.77. The fourth-order valence-electron chi connectivity index (χ4n) is 3.91. The van der Waals surface area contributed by atoms with Crippen LogP contribution in [-0.2, 0) is 11.4 Å². The van der Waals surface area contributed by atoms with E-state index in [1.807, 2.05) is 48.5 Å².